The van der Waals surface area contributed by atoms with E-state index in [0.717, 1.165) is 14.8 Å². The number of amides is 1. The van der Waals surface area contributed by atoms with Crippen molar-refractivity contribution in [2.45, 2.75) is 13.0 Å². The number of ether oxygens (including phenoxy) is 1. The molecule has 0 aliphatic rings. The maximum absolute atomic E-state index is 12.1. The molecule has 0 saturated heterocycles. The molecule has 1 N–H and O–H groups in total. The monoisotopic (exact) mass is 447 g/mol. The van der Waals surface area contributed by atoms with Gasteiger partial charge in [0.1, 0.15) is 5.75 Å². The van der Waals surface area contributed by atoms with E-state index in [1.165, 1.54) is 0 Å². The van der Waals surface area contributed by atoms with E-state index in [4.69, 9.17) is 4.74 Å². The summed E-state index contributed by atoms with van der Waals surface area (Å²) in [5.41, 5.74) is 2.06. The van der Waals surface area contributed by atoms with Gasteiger partial charge in [-0.1, -0.05) is 12.1 Å². The number of aromatic nitrogens is 2. The zero-order valence-corrected chi connectivity index (χ0v) is 15.9. The Kier molecular flexibility index (Phi) is 5.70. The van der Waals surface area contributed by atoms with Crippen molar-refractivity contribution in [3.63, 3.8) is 0 Å². The Morgan fingerprint density at radius 2 is 1.92 bits per heavy atom. The SMILES string of the molecule is C[C@@H](NC(=O)COc1ccc(I)cc1)c1ccc(-n2ccnc2)cc1. The summed E-state index contributed by atoms with van der Waals surface area (Å²) in [6.45, 7) is 1.95. The molecule has 0 radical (unpaired) electrons. The minimum Gasteiger partial charge on any atom is -0.484 e. The van der Waals surface area contributed by atoms with Gasteiger partial charge in [0.2, 0.25) is 0 Å². The molecule has 25 heavy (non-hydrogen) atoms. The molecule has 0 bridgehead atoms. The minimum atomic E-state index is -0.148. The fourth-order valence-corrected chi connectivity index (χ4v) is 2.75. The quantitative estimate of drug-likeness (QED) is 0.586. The molecule has 0 fully saturated rings. The lowest BCUT2D eigenvalue weighted by Crippen LogP contribution is -2.31. The summed E-state index contributed by atoms with van der Waals surface area (Å²) >= 11 is 2.23. The molecule has 0 saturated carbocycles. The molecule has 128 valence electrons. The van der Waals surface area contributed by atoms with Crippen LogP contribution in [0, 0.1) is 3.57 Å². The maximum Gasteiger partial charge on any atom is 0.258 e. The molecule has 6 heteroatoms. The average molecular weight is 447 g/mol. The van der Waals surface area contributed by atoms with Gasteiger partial charge < -0.3 is 14.6 Å². The zero-order chi connectivity index (χ0) is 17.6. The van der Waals surface area contributed by atoms with Gasteiger partial charge in [-0.3, -0.25) is 4.79 Å². The Bertz CT molecular complexity index is 815. The highest BCUT2D eigenvalue weighted by atomic mass is 127. The lowest BCUT2D eigenvalue weighted by molar-refractivity contribution is -0.123. The van der Waals surface area contributed by atoms with Crippen LogP contribution in [0.2, 0.25) is 0 Å². The molecule has 5 nitrogen and oxygen atoms in total. The minimum absolute atomic E-state index is 0.00193. The molecule has 0 unspecified atom stereocenters. The number of hydrogen-bond donors (Lipinski definition) is 1. The lowest BCUT2D eigenvalue weighted by atomic mass is 10.1. The van der Waals surface area contributed by atoms with Gasteiger partial charge in [0.05, 0.1) is 12.4 Å². The molecule has 0 spiro atoms. The summed E-state index contributed by atoms with van der Waals surface area (Å²) in [5.74, 6) is 0.539. The largest absolute Gasteiger partial charge is 0.484 e. The first-order chi connectivity index (χ1) is 12.1. The van der Waals surface area contributed by atoms with Gasteiger partial charge in [-0.25, -0.2) is 4.98 Å². The van der Waals surface area contributed by atoms with E-state index in [0.29, 0.717) is 5.75 Å². The fourth-order valence-electron chi connectivity index (χ4n) is 2.39. The smallest absolute Gasteiger partial charge is 0.258 e. The average Bonchev–Trinajstić information content (AvgIpc) is 3.16. The van der Waals surface area contributed by atoms with Crippen molar-refractivity contribution in [2.24, 2.45) is 0 Å². The zero-order valence-electron chi connectivity index (χ0n) is 13.7. The van der Waals surface area contributed by atoms with E-state index in [1.807, 2.05) is 66.2 Å². The van der Waals surface area contributed by atoms with Crippen LogP contribution >= 0.6 is 22.6 Å². The van der Waals surface area contributed by atoms with Crippen LogP contribution in [0.4, 0.5) is 0 Å². The molecule has 3 aromatic rings. The van der Waals surface area contributed by atoms with Crippen LogP contribution in [0.15, 0.2) is 67.3 Å². The molecule has 1 heterocycles. The number of nitrogens with zero attached hydrogens (tertiary/aromatic N) is 2. The number of nitrogens with one attached hydrogen (secondary N) is 1. The first kappa shape index (κ1) is 17.5. The second-order valence-corrected chi connectivity index (χ2v) is 6.84. The molecule has 3 rings (SSSR count). The standard InChI is InChI=1S/C19H18IN3O2/c1-14(15-2-6-17(7-3-15)23-11-10-21-13-23)22-19(24)12-25-18-8-4-16(20)5-9-18/h2-11,13-14H,12H2,1H3,(H,22,24)/t14-/m1/s1. The van der Waals surface area contributed by atoms with Crippen molar-refractivity contribution >= 4 is 28.5 Å². The number of hydrogen-bond acceptors (Lipinski definition) is 3. The number of carbonyl (C=O) groups excluding carboxylic acids is 1. The molecule has 0 aliphatic carbocycles. The van der Waals surface area contributed by atoms with Gasteiger partial charge in [-0.05, 0) is 71.5 Å². The Morgan fingerprint density at radius 1 is 1.20 bits per heavy atom. The van der Waals surface area contributed by atoms with Crippen molar-refractivity contribution in [1.82, 2.24) is 14.9 Å². The van der Waals surface area contributed by atoms with Crippen molar-refractivity contribution in [3.05, 3.63) is 76.4 Å². The highest BCUT2D eigenvalue weighted by molar-refractivity contribution is 14.1. The highest BCUT2D eigenvalue weighted by Crippen LogP contribution is 2.16. The van der Waals surface area contributed by atoms with Crippen molar-refractivity contribution in [1.29, 1.82) is 0 Å². The van der Waals surface area contributed by atoms with Crippen molar-refractivity contribution in [3.8, 4) is 11.4 Å². The maximum atomic E-state index is 12.1. The third-order valence-electron chi connectivity index (χ3n) is 3.76. The van der Waals surface area contributed by atoms with Gasteiger partial charge in [-0.15, -0.1) is 0 Å². The third-order valence-corrected chi connectivity index (χ3v) is 4.48. The van der Waals surface area contributed by atoms with Crippen molar-refractivity contribution < 1.29 is 9.53 Å². The molecule has 1 amide bonds. The number of carbonyl (C=O) groups is 1. The summed E-state index contributed by atoms with van der Waals surface area (Å²) in [7, 11) is 0. The highest BCUT2D eigenvalue weighted by Gasteiger charge is 2.10. The Labute approximate surface area is 160 Å². The molecule has 2 aromatic carbocycles. The first-order valence-electron chi connectivity index (χ1n) is 7.88. The summed E-state index contributed by atoms with van der Waals surface area (Å²) in [6, 6.07) is 15.5. The normalized spacial score (nSPS) is 11.8. The van der Waals surface area contributed by atoms with Crippen LogP contribution in [-0.2, 0) is 4.79 Å². The van der Waals surface area contributed by atoms with E-state index in [1.54, 1.807) is 12.5 Å². The van der Waals surface area contributed by atoms with Gasteiger partial charge >= 0.3 is 0 Å². The van der Waals surface area contributed by atoms with E-state index in [9.17, 15) is 4.79 Å². The Morgan fingerprint density at radius 3 is 2.56 bits per heavy atom. The second-order valence-electron chi connectivity index (χ2n) is 5.59. The van der Waals surface area contributed by atoms with Crippen molar-refractivity contribution in [2.75, 3.05) is 6.61 Å². The van der Waals surface area contributed by atoms with Gasteiger partial charge in [0, 0.05) is 21.7 Å². The Balaban J connectivity index is 1.53. The molecule has 1 atom stereocenters. The van der Waals surface area contributed by atoms with Gasteiger partial charge in [0.25, 0.3) is 5.91 Å². The van der Waals surface area contributed by atoms with E-state index in [-0.39, 0.29) is 18.6 Å². The predicted molar refractivity (Wildman–Crippen MR) is 105 cm³/mol. The van der Waals surface area contributed by atoms with Crippen LogP contribution < -0.4 is 10.1 Å². The predicted octanol–water partition coefficient (Wildman–Crippen LogP) is 3.73. The van der Waals surface area contributed by atoms with Crippen LogP contribution in [0.25, 0.3) is 5.69 Å². The van der Waals surface area contributed by atoms with Crippen LogP contribution in [0.1, 0.15) is 18.5 Å². The van der Waals surface area contributed by atoms with Gasteiger partial charge in [0.15, 0.2) is 6.61 Å². The summed E-state index contributed by atoms with van der Waals surface area (Å²) in [6.07, 6.45) is 5.38. The van der Waals surface area contributed by atoms with E-state index in [2.05, 4.69) is 32.9 Å². The van der Waals surface area contributed by atoms with Gasteiger partial charge in [-0.2, -0.15) is 0 Å². The second kappa shape index (κ2) is 8.15. The summed E-state index contributed by atoms with van der Waals surface area (Å²) in [5, 5.41) is 2.95. The van der Waals surface area contributed by atoms with E-state index < -0.39 is 0 Å². The molecular formula is C19H18IN3O2. The number of halogens is 1. The number of imidazole rings is 1. The third kappa shape index (κ3) is 4.82. The Hall–Kier alpha value is -2.35. The fraction of sp³-hybridized carbons (Fsp3) is 0.158. The first-order valence-corrected chi connectivity index (χ1v) is 8.96. The lowest BCUT2D eigenvalue weighted by Gasteiger charge is -2.15. The number of rotatable bonds is 6. The topological polar surface area (TPSA) is 56.1 Å². The summed E-state index contributed by atoms with van der Waals surface area (Å²) < 4.78 is 8.56. The summed E-state index contributed by atoms with van der Waals surface area (Å²) in [4.78, 5) is 16.1. The molecule has 0 aliphatic heterocycles. The molecular weight excluding hydrogens is 429 g/mol. The number of benzene rings is 2. The van der Waals surface area contributed by atoms with Crippen LogP contribution in [0.3, 0.4) is 0 Å². The van der Waals surface area contributed by atoms with E-state index >= 15 is 0 Å². The van der Waals surface area contributed by atoms with Crippen LogP contribution in [0.5, 0.6) is 5.75 Å². The van der Waals surface area contributed by atoms with Crippen LogP contribution in [-0.4, -0.2) is 22.1 Å². The molecule has 1 aromatic heterocycles.